The van der Waals surface area contributed by atoms with Gasteiger partial charge in [0.2, 0.25) is 0 Å². The first-order valence-electron chi connectivity index (χ1n) is 10.5. The zero-order valence-electron chi connectivity index (χ0n) is 17.4. The molecule has 2 atom stereocenters. The summed E-state index contributed by atoms with van der Waals surface area (Å²) in [6.45, 7) is 8.17. The number of nitrogens with one attached hydrogen (secondary N) is 1. The summed E-state index contributed by atoms with van der Waals surface area (Å²) >= 11 is 1.56. The Balaban J connectivity index is 1.53. The van der Waals surface area contributed by atoms with Gasteiger partial charge in [0.15, 0.2) is 16.6 Å². The van der Waals surface area contributed by atoms with Gasteiger partial charge >= 0.3 is 0 Å². The van der Waals surface area contributed by atoms with E-state index >= 15 is 4.39 Å². The topological polar surface area (TPSA) is 58.4 Å². The van der Waals surface area contributed by atoms with Gasteiger partial charge in [-0.15, -0.1) is 0 Å². The molecule has 0 aliphatic carbocycles. The molecule has 4 heterocycles. The van der Waals surface area contributed by atoms with Crippen LogP contribution in [0.3, 0.4) is 0 Å². The minimum absolute atomic E-state index is 0.302. The summed E-state index contributed by atoms with van der Waals surface area (Å²) in [5.74, 6) is -0.302. The van der Waals surface area contributed by atoms with E-state index in [1.165, 1.54) is 6.07 Å². The SMILES string of the molecule is CCN(c1nc2c(F)cc(-c3ccc4nc(C)cn4n3)cc2s1)C1CCN[C@@H](C)C1. The van der Waals surface area contributed by atoms with E-state index in [2.05, 4.69) is 39.1 Å². The van der Waals surface area contributed by atoms with E-state index < -0.39 is 0 Å². The predicted octanol–water partition coefficient (Wildman–Crippen LogP) is 4.42. The molecule has 1 N–H and O–H groups in total. The second kappa shape index (κ2) is 7.59. The fourth-order valence-electron chi connectivity index (χ4n) is 4.34. The van der Waals surface area contributed by atoms with Crippen LogP contribution >= 0.6 is 11.3 Å². The highest BCUT2D eigenvalue weighted by Gasteiger charge is 2.26. The number of rotatable bonds is 4. The number of halogens is 1. The van der Waals surface area contributed by atoms with Crippen molar-refractivity contribution in [3.05, 3.63) is 42.0 Å². The lowest BCUT2D eigenvalue weighted by molar-refractivity contribution is 0.365. The summed E-state index contributed by atoms with van der Waals surface area (Å²) < 4.78 is 17.6. The van der Waals surface area contributed by atoms with Crippen molar-refractivity contribution in [2.24, 2.45) is 0 Å². The van der Waals surface area contributed by atoms with Gasteiger partial charge in [0.1, 0.15) is 5.52 Å². The number of benzene rings is 1. The summed E-state index contributed by atoms with van der Waals surface area (Å²) in [5.41, 5.74) is 3.60. The number of piperidine rings is 1. The number of anilines is 1. The highest BCUT2D eigenvalue weighted by Crippen LogP contribution is 2.35. The molecular formula is C22H25FN6S. The van der Waals surface area contributed by atoms with Crippen LogP contribution in [0.5, 0.6) is 0 Å². The maximum absolute atomic E-state index is 15.0. The summed E-state index contributed by atoms with van der Waals surface area (Å²) in [6, 6.07) is 8.25. The number of aromatic nitrogens is 4. The molecule has 5 rings (SSSR count). The van der Waals surface area contributed by atoms with Gasteiger partial charge < -0.3 is 10.2 Å². The second-order valence-corrected chi connectivity index (χ2v) is 9.03. The van der Waals surface area contributed by atoms with Gasteiger partial charge in [0, 0.05) is 24.2 Å². The monoisotopic (exact) mass is 424 g/mol. The highest BCUT2D eigenvalue weighted by molar-refractivity contribution is 7.22. The molecule has 3 aromatic heterocycles. The average Bonchev–Trinajstić information content (AvgIpc) is 3.30. The molecule has 0 bridgehead atoms. The van der Waals surface area contributed by atoms with E-state index in [0.29, 0.717) is 17.6 Å². The summed E-state index contributed by atoms with van der Waals surface area (Å²) in [4.78, 5) is 11.4. The molecule has 1 unspecified atom stereocenters. The van der Waals surface area contributed by atoms with Crippen molar-refractivity contribution < 1.29 is 4.39 Å². The van der Waals surface area contributed by atoms with Crippen molar-refractivity contribution in [3.63, 3.8) is 0 Å². The molecule has 0 radical (unpaired) electrons. The molecule has 30 heavy (non-hydrogen) atoms. The average molecular weight is 425 g/mol. The van der Waals surface area contributed by atoms with Gasteiger partial charge in [-0.2, -0.15) is 5.10 Å². The molecule has 0 saturated carbocycles. The Morgan fingerprint density at radius 1 is 1.30 bits per heavy atom. The molecule has 1 fully saturated rings. The second-order valence-electron chi connectivity index (χ2n) is 8.02. The Morgan fingerprint density at radius 3 is 2.97 bits per heavy atom. The number of hydrogen-bond donors (Lipinski definition) is 1. The number of thiazole rings is 1. The van der Waals surface area contributed by atoms with Crippen LogP contribution < -0.4 is 10.2 Å². The minimum Gasteiger partial charge on any atom is -0.345 e. The first-order valence-corrected chi connectivity index (χ1v) is 11.3. The molecule has 156 valence electrons. The van der Waals surface area contributed by atoms with Crippen LogP contribution in [0.2, 0.25) is 0 Å². The lowest BCUT2D eigenvalue weighted by atomic mass is 9.99. The standard InChI is InChI=1S/C22H25FN6S/c1-4-28(16-7-8-24-13(2)9-16)22-26-21-17(23)10-15(11-19(21)30-22)18-5-6-20-25-14(3)12-29(20)27-18/h5-6,10-13,16,24H,4,7-9H2,1-3H3/t13-,16?/m0/s1. The molecule has 8 heteroatoms. The maximum atomic E-state index is 15.0. The van der Waals surface area contributed by atoms with E-state index in [9.17, 15) is 0 Å². The van der Waals surface area contributed by atoms with Crippen LogP contribution in [0.15, 0.2) is 30.5 Å². The van der Waals surface area contributed by atoms with Crippen molar-refractivity contribution >= 4 is 32.3 Å². The Labute approximate surface area is 178 Å². The van der Waals surface area contributed by atoms with Gasteiger partial charge in [0.05, 0.1) is 22.3 Å². The molecular weight excluding hydrogens is 399 g/mol. The predicted molar refractivity (Wildman–Crippen MR) is 120 cm³/mol. The smallest absolute Gasteiger partial charge is 0.186 e. The fraction of sp³-hybridized carbons (Fsp3) is 0.409. The van der Waals surface area contributed by atoms with Crippen molar-refractivity contribution in [2.75, 3.05) is 18.0 Å². The highest BCUT2D eigenvalue weighted by atomic mass is 32.1. The van der Waals surface area contributed by atoms with Gasteiger partial charge in [-0.1, -0.05) is 11.3 Å². The quantitative estimate of drug-likeness (QED) is 0.526. The summed E-state index contributed by atoms with van der Waals surface area (Å²) in [6.07, 6.45) is 4.03. The van der Waals surface area contributed by atoms with Crippen LogP contribution in [0, 0.1) is 12.7 Å². The maximum Gasteiger partial charge on any atom is 0.186 e. The third-order valence-electron chi connectivity index (χ3n) is 5.80. The lowest BCUT2D eigenvalue weighted by Gasteiger charge is -2.36. The fourth-order valence-corrected chi connectivity index (χ4v) is 5.50. The third-order valence-corrected chi connectivity index (χ3v) is 6.84. The van der Waals surface area contributed by atoms with E-state index in [4.69, 9.17) is 0 Å². The molecule has 1 saturated heterocycles. The van der Waals surface area contributed by atoms with Gasteiger partial charge in [0.25, 0.3) is 0 Å². The van der Waals surface area contributed by atoms with Gasteiger partial charge in [-0.3, -0.25) is 0 Å². The number of hydrogen-bond acceptors (Lipinski definition) is 6. The molecule has 0 amide bonds. The van der Waals surface area contributed by atoms with E-state index in [0.717, 1.165) is 58.4 Å². The lowest BCUT2D eigenvalue weighted by Crippen LogP contribution is -2.47. The van der Waals surface area contributed by atoms with E-state index in [1.54, 1.807) is 15.9 Å². The van der Waals surface area contributed by atoms with Crippen molar-refractivity contribution in [3.8, 4) is 11.3 Å². The van der Waals surface area contributed by atoms with Crippen molar-refractivity contribution in [1.82, 2.24) is 24.9 Å². The van der Waals surface area contributed by atoms with Crippen molar-refractivity contribution in [2.45, 2.75) is 45.7 Å². The molecule has 4 aromatic rings. The Bertz CT molecular complexity index is 1220. The van der Waals surface area contributed by atoms with Crippen LogP contribution in [0.4, 0.5) is 9.52 Å². The molecule has 1 aromatic carbocycles. The minimum atomic E-state index is -0.302. The van der Waals surface area contributed by atoms with Gasteiger partial charge in [-0.05, 0) is 64.4 Å². The first kappa shape index (κ1) is 19.4. The number of nitrogens with zero attached hydrogens (tertiary/aromatic N) is 5. The zero-order valence-corrected chi connectivity index (χ0v) is 18.2. The molecule has 6 nitrogen and oxygen atoms in total. The number of imidazole rings is 1. The number of aryl methyl sites for hydroxylation is 1. The van der Waals surface area contributed by atoms with Crippen LogP contribution in [-0.4, -0.2) is 44.8 Å². The summed E-state index contributed by atoms with van der Waals surface area (Å²) in [7, 11) is 0. The zero-order chi connectivity index (χ0) is 20.8. The molecule has 1 aliphatic rings. The largest absolute Gasteiger partial charge is 0.345 e. The van der Waals surface area contributed by atoms with Crippen LogP contribution in [0.25, 0.3) is 27.1 Å². The first-order chi connectivity index (χ1) is 14.5. The normalized spacial score (nSPS) is 19.6. The van der Waals surface area contributed by atoms with Gasteiger partial charge in [-0.25, -0.2) is 18.9 Å². The molecule has 1 aliphatic heterocycles. The number of fused-ring (bicyclic) bond motifs is 2. The molecule has 0 spiro atoms. The van der Waals surface area contributed by atoms with Crippen molar-refractivity contribution in [1.29, 1.82) is 0 Å². The Morgan fingerprint density at radius 2 is 2.17 bits per heavy atom. The van der Waals surface area contributed by atoms with E-state index in [-0.39, 0.29) is 5.82 Å². The third kappa shape index (κ3) is 3.44. The summed E-state index contributed by atoms with van der Waals surface area (Å²) in [5, 5.41) is 9.01. The Kier molecular flexibility index (Phi) is 4.91. The van der Waals surface area contributed by atoms with Crippen LogP contribution in [0.1, 0.15) is 32.4 Å². The van der Waals surface area contributed by atoms with E-state index in [1.807, 2.05) is 31.3 Å². The Hall–Kier alpha value is -2.58. The van der Waals surface area contributed by atoms with Crippen LogP contribution in [-0.2, 0) is 0 Å².